The third-order valence-electron chi connectivity index (χ3n) is 1.13. The molecule has 0 spiro atoms. The van der Waals surface area contributed by atoms with Crippen molar-refractivity contribution < 1.29 is 19.1 Å². The summed E-state index contributed by atoms with van der Waals surface area (Å²) in [7, 11) is 0. The lowest BCUT2D eigenvalue weighted by atomic mass is 10.2. The van der Waals surface area contributed by atoms with Crippen molar-refractivity contribution in [3.05, 3.63) is 36.3 Å². The molecule has 0 aliphatic heterocycles. The van der Waals surface area contributed by atoms with Gasteiger partial charge in [-0.2, -0.15) is 0 Å². The van der Waals surface area contributed by atoms with Crippen molar-refractivity contribution in [1.82, 2.24) is 0 Å². The summed E-state index contributed by atoms with van der Waals surface area (Å²) in [5.74, 6) is -0.613. The van der Waals surface area contributed by atoms with Gasteiger partial charge in [0.15, 0.2) is 5.76 Å². The molecule has 0 aliphatic rings. The maximum Gasteiger partial charge on any atom is 0.300 e. The first-order valence-corrected chi connectivity index (χ1v) is 3.88. The molecular weight excluding hydrogens is 184 g/mol. The zero-order valence-electron chi connectivity index (χ0n) is 8.11. The van der Waals surface area contributed by atoms with Gasteiger partial charge in [0.2, 0.25) is 5.78 Å². The van der Waals surface area contributed by atoms with Crippen LogP contribution in [-0.4, -0.2) is 16.9 Å². The van der Waals surface area contributed by atoms with Crippen LogP contribution in [0.1, 0.15) is 24.4 Å². The fraction of sp³-hybridized carbons (Fsp3) is 0.200. The number of carboxylic acid groups (broad SMARTS) is 1. The van der Waals surface area contributed by atoms with E-state index in [1.165, 1.54) is 6.26 Å². The largest absolute Gasteiger partial charge is 0.481 e. The van der Waals surface area contributed by atoms with Crippen LogP contribution in [0, 0.1) is 0 Å². The second-order valence-electron chi connectivity index (χ2n) is 2.61. The molecule has 0 aliphatic carbocycles. The highest BCUT2D eigenvalue weighted by Crippen LogP contribution is 2.05. The van der Waals surface area contributed by atoms with Gasteiger partial charge in [0.25, 0.3) is 5.97 Å². The van der Waals surface area contributed by atoms with E-state index in [1.807, 2.05) is 0 Å². The first-order valence-electron chi connectivity index (χ1n) is 3.88. The molecule has 0 unspecified atom stereocenters. The van der Waals surface area contributed by atoms with Gasteiger partial charge in [-0.15, -0.1) is 0 Å². The quantitative estimate of drug-likeness (QED) is 0.581. The van der Waals surface area contributed by atoms with Gasteiger partial charge in [-0.3, -0.25) is 9.59 Å². The van der Waals surface area contributed by atoms with E-state index in [0.717, 1.165) is 6.92 Å². The summed E-state index contributed by atoms with van der Waals surface area (Å²) in [6.07, 6.45) is 1.47. The number of allylic oxidation sites excluding steroid dienone is 1. The zero-order valence-corrected chi connectivity index (χ0v) is 8.11. The highest BCUT2D eigenvalue weighted by atomic mass is 16.4. The summed E-state index contributed by atoms with van der Waals surface area (Å²) in [5.41, 5.74) is 0.495. The lowest BCUT2D eigenvalue weighted by molar-refractivity contribution is -0.134. The van der Waals surface area contributed by atoms with Crippen LogP contribution < -0.4 is 0 Å². The minimum absolute atomic E-state index is 0.134. The first kappa shape index (κ1) is 12.2. The van der Waals surface area contributed by atoms with E-state index in [1.54, 1.807) is 19.1 Å². The SMILES string of the molecule is C=C(C)C(=O)c1ccco1.CC(=O)O. The molecular formula is C10H12O4. The molecule has 1 N–H and O–H groups in total. The summed E-state index contributed by atoms with van der Waals surface area (Å²) >= 11 is 0. The van der Waals surface area contributed by atoms with Crippen molar-refractivity contribution >= 4 is 11.8 Å². The highest BCUT2D eigenvalue weighted by molar-refractivity contribution is 6.05. The number of carboxylic acids is 1. The van der Waals surface area contributed by atoms with Crippen molar-refractivity contribution in [3.63, 3.8) is 0 Å². The van der Waals surface area contributed by atoms with Crippen molar-refractivity contribution in [1.29, 1.82) is 0 Å². The predicted octanol–water partition coefficient (Wildman–Crippen LogP) is 2.13. The normalized spacial score (nSPS) is 8.43. The monoisotopic (exact) mass is 196 g/mol. The Bertz CT molecular complexity index is 318. The van der Waals surface area contributed by atoms with E-state index in [-0.39, 0.29) is 5.78 Å². The van der Waals surface area contributed by atoms with Crippen LogP contribution in [0.4, 0.5) is 0 Å². The number of hydrogen-bond donors (Lipinski definition) is 1. The van der Waals surface area contributed by atoms with E-state index in [0.29, 0.717) is 11.3 Å². The van der Waals surface area contributed by atoms with Gasteiger partial charge < -0.3 is 9.52 Å². The molecule has 0 aromatic carbocycles. The summed E-state index contributed by atoms with van der Waals surface area (Å²) in [5, 5.41) is 7.42. The standard InChI is InChI=1S/C8H8O2.C2H4O2/c1-6(2)8(9)7-4-3-5-10-7;1-2(3)4/h3-5H,1H2,2H3;1H3,(H,3,4). The van der Waals surface area contributed by atoms with Crippen LogP contribution in [0.15, 0.2) is 35.0 Å². The Balaban J connectivity index is 0.000000364. The second-order valence-corrected chi connectivity index (χ2v) is 2.61. The number of hydrogen-bond acceptors (Lipinski definition) is 3. The minimum Gasteiger partial charge on any atom is -0.481 e. The number of Topliss-reactive ketones (excluding diaryl/α,β-unsaturated/α-hetero) is 1. The van der Waals surface area contributed by atoms with Gasteiger partial charge in [0, 0.05) is 6.92 Å². The maximum absolute atomic E-state index is 11.0. The molecule has 1 rings (SSSR count). The van der Waals surface area contributed by atoms with Crippen molar-refractivity contribution in [2.75, 3.05) is 0 Å². The number of ketones is 1. The van der Waals surface area contributed by atoms with Crippen LogP contribution in [0.3, 0.4) is 0 Å². The minimum atomic E-state index is -0.833. The first-order chi connectivity index (χ1) is 6.45. The van der Waals surface area contributed by atoms with Crippen molar-refractivity contribution in [3.8, 4) is 0 Å². The number of aliphatic carboxylic acids is 1. The van der Waals surface area contributed by atoms with Crippen LogP contribution in [0.5, 0.6) is 0 Å². The maximum atomic E-state index is 11.0. The Morgan fingerprint density at radius 1 is 1.43 bits per heavy atom. The van der Waals surface area contributed by atoms with E-state index in [2.05, 4.69) is 6.58 Å². The fourth-order valence-corrected chi connectivity index (χ4v) is 0.618. The molecule has 76 valence electrons. The topological polar surface area (TPSA) is 67.5 Å². The fourth-order valence-electron chi connectivity index (χ4n) is 0.618. The smallest absolute Gasteiger partial charge is 0.300 e. The Labute approximate surface area is 81.8 Å². The lowest BCUT2D eigenvalue weighted by Crippen LogP contribution is -1.96. The van der Waals surface area contributed by atoms with Crippen LogP contribution >= 0.6 is 0 Å². The molecule has 1 heterocycles. The number of rotatable bonds is 2. The van der Waals surface area contributed by atoms with Gasteiger partial charge in [-0.05, 0) is 24.6 Å². The number of carbonyl (C=O) groups excluding carboxylic acids is 1. The molecule has 0 atom stereocenters. The van der Waals surface area contributed by atoms with Gasteiger partial charge in [0.1, 0.15) is 0 Å². The summed E-state index contributed by atoms with van der Waals surface area (Å²) < 4.78 is 4.85. The second kappa shape index (κ2) is 5.75. The van der Waals surface area contributed by atoms with Crippen LogP contribution in [0.25, 0.3) is 0 Å². The van der Waals surface area contributed by atoms with E-state index in [4.69, 9.17) is 14.3 Å². The zero-order chi connectivity index (χ0) is 11.1. The van der Waals surface area contributed by atoms with Crippen LogP contribution in [0.2, 0.25) is 0 Å². The Morgan fingerprint density at radius 3 is 2.21 bits per heavy atom. The highest BCUT2D eigenvalue weighted by Gasteiger charge is 2.07. The third kappa shape index (κ3) is 4.92. The molecule has 14 heavy (non-hydrogen) atoms. The lowest BCUT2D eigenvalue weighted by Gasteiger charge is -1.90. The summed E-state index contributed by atoms with van der Waals surface area (Å²) in [4.78, 5) is 20.0. The summed E-state index contributed by atoms with van der Waals surface area (Å²) in [6.45, 7) is 6.24. The average molecular weight is 196 g/mol. The van der Waals surface area contributed by atoms with Gasteiger partial charge in [-0.1, -0.05) is 6.58 Å². The Hall–Kier alpha value is -1.84. The molecule has 4 heteroatoms. The van der Waals surface area contributed by atoms with Gasteiger partial charge in [0.05, 0.1) is 6.26 Å². The molecule has 0 amide bonds. The molecule has 0 saturated carbocycles. The molecule has 1 aromatic heterocycles. The molecule has 0 radical (unpaired) electrons. The Morgan fingerprint density at radius 2 is 1.93 bits per heavy atom. The molecule has 0 bridgehead atoms. The molecule has 0 fully saturated rings. The van der Waals surface area contributed by atoms with E-state index >= 15 is 0 Å². The van der Waals surface area contributed by atoms with Crippen LogP contribution in [-0.2, 0) is 4.79 Å². The number of furan rings is 1. The summed E-state index contributed by atoms with van der Waals surface area (Å²) in [6, 6.07) is 3.30. The van der Waals surface area contributed by atoms with Gasteiger partial charge in [-0.25, -0.2) is 0 Å². The predicted molar refractivity (Wildman–Crippen MR) is 51.2 cm³/mol. The van der Waals surface area contributed by atoms with Crippen molar-refractivity contribution in [2.45, 2.75) is 13.8 Å². The third-order valence-corrected chi connectivity index (χ3v) is 1.13. The average Bonchev–Trinajstić information content (AvgIpc) is 2.53. The molecule has 0 saturated heterocycles. The van der Waals surface area contributed by atoms with E-state index in [9.17, 15) is 4.79 Å². The van der Waals surface area contributed by atoms with E-state index < -0.39 is 5.97 Å². The molecule has 1 aromatic rings. The van der Waals surface area contributed by atoms with Gasteiger partial charge >= 0.3 is 0 Å². The Kier molecular flexibility index (Phi) is 4.99. The van der Waals surface area contributed by atoms with Crippen molar-refractivity contribution in [2.24, 2.45) is 0 Å². The number of carbonyl (C=O) groups is 2. The molecule has 4 nitrogen and oxygen atoms in total.